The average Bonchev–Trinajstić information content (AvgIpc) is 3.13. The molecule has 2 rings (SSSR count). The van der Waals surface area contributed by atoms with Crippen LogP contribution in [0.1, 0.15) is 42.4 Å². The third-order valence-electron chi connectivity index (χ3n) is 4.11. The average molecular weight is 329 g/mol. The van der Waals surface area contributed by atoms with Gasteiger partial charge in [0.1, 0.15) is 18.0 Å². The second-order valence-electron chi connectivity index (χ2n) is 5.70. The van der Waals surface area contributed by atoms with E-state index in [4.69, 9.17) is 0 Å². The topological polar surface area (TPSA) is 81.9 Å². The molecule has 6 nitrogen and oxygen atoms in total. The second kappa shape index (κ2) is 8.31. The van der Waals surface area contributed by atoms with Crippen molar-refractivity contribution in [3.05, 3.63) is 53.3 Å². The zero-order valence-electron chi connectivity index (χ0n) is 14.4. The van der Waals surface area contributed by atoms with Crippen LogP contribution in [-0.2, 0) is 6.54 Å². The van der Waals surface area contributed by atoms with Crippen LogP contribution in [0.4, 0.5) is 0 Å². The van der Waals surface area contributed by atoms with Crippen LogP contribution in [0.2, 0.25) is 0 Å². The number of carbonyl (C=O) groups excluding carboxylic acids is 1. The molecule has 0 spiro atoms. The summed E-state index contributed by atoms with van der Waals surface area (Å²) in [5.41, 5.74) is 5.44. The Balaban J connectivity index is 2.12. The number of hydrazone groups is 1. The van der Waals surface area contributed by atoms with Crippen molar-refractivity contribution in [3.8, 4) is 5.75 Å². The molecule has 0 radical (unpaired) electrons. The standard InChI is InChI=1S/C18H24N4O2/c1-4-22(5-2)12-15-11-14(8-9-17(15)23)13(3)20-21-18(24)16-7-6-10-19-16/h6-11,19,23H,4-5,12H2,1-3H3,(H,21,24)/p+1/b20-13+. The van der Waals surface area contributed by atoms with Crippen molar-refractivity contribution in [1.82, 2.24) is 10.4 Å². The minimum absolute atomic E-state index is 0.286. The molecule has 6 heteroatoms. The summed E-state index contributed by atoms with van der Waals surface area (Å²) < 4.78 is 0. The van der Waals surface area contributed by atoms with Crippen LogP contribution in [0.25, 0.3) is 0 Å². The summed E-state index contributed by atoms with van der Waals surface area (Å²) in [6.45, 7) is 8.84. The number of phenols is 1. The van der Waals surface area contributed by atoms with Gasteiger partial charge >= 0.3 is 0 Å². The van der Waals surface area contributed by atoms with Crippen LogP contribution in [-0.4, -0.2) is 34.8 Å². The normalized spacial score (nSPS) is 11.8. The molecule has 128 valence electrons. The molecule has 4 N–H and O–H groups in total. The first-order chi connectivity index (χ1) is 11.5. The van der Waals surface area contributed by atoms with Crippen LogP contribution < -0.4 is 10.3 Å². The number of nitrogens with zero attached hydrogens (tertiary/aromatic N) is 1. The molecule has 0 saturated carbocycles. The first-order valence-corrected chi connectivity index (χ1v) is 8.19. The molecule has 2 aromatic rings. The van der Waals surface area contributed by atoms with Gasteiger partial charge in [0.25, 0.3) is 5.91 Å². The Hall–Kier alpha value is -2.60. The number of amides is 1. The van der Waals surface area contributed by atoms with Crippen molar-refractivity contribution in [1.29, 1.82) is 0 Å². The molecular weight excluding hydrogens is 304 g/mol. The van der Waals surface area contributed by atoms with Crippen LogP contribution in [0.15, 0.2) is 41.6 Å². The Morgan fingerprint density at radius 3 is 2.67 bits per heavy atom. The fourth-order valence-electron chi connectivity index (χ4n) is 2.45. The number of quaternary nitrogens is 1. The number of aromatic amines is 1. The molecule has 0 unspecified atom stereocenters. The smallest absolute Gasteiger partial charge is 0.287 e. The summed E-state index contributed by atoms with van der Waals surface area (Å²) in [4.78, 5) is 16.1. The minimum Gasteiger partial charge on any atom is -0.507 e. The first kappa shape index (κ1) is 17.7. The maximum absolute atomic E-state index is 11.9. The molecule has 1 aromatic heterocycles. The molecule has 24 heavy (non-hydrogen) atoms. The van der Waals surface area contributed by atoms with Gasteiger partial charge in [0.15, 0.2) is 0 Å². The summed E-state index contributed by atoms with van der Waals surface area (Å²) in [7, 11) is 0. The van der Waals surface area contributed by atoms with Gasteiger partial charge in [0.2, 0.25) is 0 Å². The highest BCUT2D eigenvalue weighted by molar-refractivity contribution is 6.00. The summed E-state index contributed by atoms with van der Waals surface area (Å²) in [5.74, 6) is 0.00677. The highest BCUT2D eigenvalue weighted by Crippen LogP contribution is 2.18. The zero-order chi connectivity index (χ0) is 17.5. The van der Waals surface area contributed by atoms with E-state index in [1.54, 1.807) is 30.5 Å². The lowest BCUT2D eigenvalue weighted by molar-refractivity contribution is -0.910. The van der Waals surface area contributed by atoms with Gasteiger partial charge in [-0.25, -0.2) is 5.43 Å². The van der Waals surface area contributed by atoms with E-state index in [1.807, 2.05) is 13.0 Å². The maximum atomic E-state index is 11.9. The number of carbonyl (C=O) groups is 1. The molecule has 1 heterocycles. The van der Waals surface area contributed by atoms with Crippen molar-refractivity contribution < 1.29 is 14.8 Å². The number of aromatic hydroxyl groups is 1. The zero-order valence-corrected chi connectivity index (χ0v) is 14.4. The first-order valence-electron chi connectivity index (χ1n) is 8.19. The molecule has 0 fully saturated rings. The lowest BCUT2D eigenvalue weighted by atomic mass is 10.1. The Morgan fingerprint density at radius 2 is 2.04 bits per heavy atom. The molecule has 0 aliphatic heterocycles. The van der Waals surface area contributed by atoms with Crippen molar-refractivity contribution in [2.75, 3.05) is 13.1 Å². The van der Waals surface area contributed by atoms with E-state index >= 15 is 0 Å². The number of rotatable bonds is 7. The fourth-order valence-corrected chi connectivity index (χ4v) is 2.45. The third-order valence-corrected chi connectivity index (χ3v) is 4.11. The van der Waals surface area contributed by atoms with Crippen LogP contribution in [0.5, 0.6) is 5.75 Å². The van der Waals surface area contributed by atoms with Gasteiger partial charge in [-0.2, -0.15) is 5.10 Å². The number of aromatic nitrogens is 1. The summed E-state index contributed by atoms with van der Waals surface area (Å²) >= 11 is 0. The van der Waals surface area contributed by atoms with E-state index in [0.717, 1.165) is 30.8 Å². The van der Waals surface area contributed by atoms with Gasteiger partial charge in [0, 0.05) is 11.8 Å². The van der Waals surface area contributed by atoms with Gasteiger partial charge in [-0.3, -0.25) is 4.79 Å². The molecule has 1 amide bonds. The van der Waals surface area contributed by atoms with Crippen molar-refractivity contribution in [2.24, 2.45) is 5.10 Å². The summed E-state index contributed by atoms with van der Waals surface area (Å²) in [6.07, 6.45) is 1.69. The van der Waals surface area contributed by atoms with Crippen molar-refractivity contribution >= 4 is 11.6 Å². The number of hydrogen-bond acceptors (Lipinski definition) is 3. The Kier molecular flexibility index (Phi) is 6.14. The third kappa shape index (κ3) is 4.45. The fraction of sp³-hybridized carbons (Fsp3) is 0.333. The molecule has 0 aliphatic rings. The molecule has 0 atom stereocenters. The van der Waals surface area contributed by atoms with E-state index in [-0.39, 0.29) is 5.91 Å². The van der Waals surface area contributed by atoms with Crippen LogP contribution >= 0.6 is 0 Å². The molecule has 1 aromatic carbocycles. The van der Waals surface area contributed by atoms with Gasteiger partial charge in [-0.05, 0) is 56.7 Å². The number of hydrogen-bond donors (Lipinski definition) is 4. The summed E-state index contributed by atoms with van der Waals surface area (Å²) in [6, 6.07) is 8.86. The lowest BCUT2D eigenvalue weighted by Gasteiger charge is -2.16. The number of benzene rings is 1. The van der Waals surface area contributed by atoms with Crippen molar-refractivity contribution in [3.63, 3.8) is 0 Å². The van der Waals surface area contributed by atoms with Gasteiger partial charge < -0.3 is 15.0 Å². The van der Waals surface area contributed by atoms with Crippen molar-refractivity contribution in [2.45, 2.75) is 27.3 Å². The lowest BCUT2D eigenvalue weighted by Crippen LogP contribution is -3.10. The van der Waals surface area contributed by atoms with Gasteiger partial charge in [-0.15, -0.1) is 0 Å². The quantitative estimate of drug-likeness (QED) is 0.456. The van der Waals surface area contributed by atoms with E-state index < -0.39 is 0 Å². The van der Waals surface area contributed by atoms with E-state index in [2.05, 4.69) is 29.4 Å². The highest BCUT2D eigenvalue weighted by atomic mass is 16.3. The van der Waals surface area contributed by atoms with E-state index in [1.165, 1.54) is 4.90 Å². The minimum atomic E-state index is -0.286. The van der Waals surface area contributed by atoms with Crippen LogP contribution in [0.3, 0.4) is 0 Å². The van der Waals surface area contributed by atoms with Crippen LogP contribution in [0, 0.1) is 0 Å². The predicted molar refractivity (Wildman–Crippen MR) is 94.3 cm³/mol. The SMILES string of the molecule is CC[NH+](CC)Cc1cc(/C(C)=N/NC(=O)c2ccc[nH]2)ccc1O. The largest absolute Gasteiger partial charge is 0.507 e. The van der Waals surface area contributed by atoms with E-state index in [9.17, 15) is 9.90 Å². The number of H-pyrrole nitrogens is 1. The second-order valence-corrected chi connectivity index (χ2v) is 5.70. The Morgan fingerprint density at radius 1 is 1.29 bits per heavy atom. The highest BCUT2D eigenvalue weighted by Gasteiger charge is 2.11. The maximum Gasteiger partial charge on any atom is 0.287 e. The molecular formula is C18H25N4O2+. The monoisotopic (exact) mass is 329 g/mol. The molecule has 0 saturated heterocycles. The number of nitrogens with one attached hydrogen (secondary N) is 3. The molecule has 0 bridgehead atoms. The van der Waals surface area contributed by atoms with E-state index in [0.29, 0.717) is 17.2 Å². The van der Waals surface area contributed by atoms with Gasteiger partial charge in [0.05, 0.1) is 18.8 Å². The Bertz CT molecular complexity index is 704. The summed E-state index contributed by atoms with van der Waals surface area (Å²) in [5, 5.41) is 14.2. The number of phenolic OH excluding ortho intramolecular Hbond substituents is 1. The van der Waals surface area contributed by atoms with Gasteiger partial charge in [-0.1, -0.05) is 0 Å². The molecule has 0 aliphatic carbocycles. The Labute approximate surface area is 142 Å². The predicted octanol–water partition coefficient (Wildman–Crippen LogP) is 1.30.